The molecule has 266 valence electrons. The topological polar surface area (TPSA) is 100 Å². The Balaban J connectivity index is 1.31. The molecule has 0 radical (unpaired) electrons. The van der Waals surface area contributed by atoms with Gasteiger partial charge >= 0.3 is 0 Å². The van der Waals surface area contributed by atoms with Crippen molar-refractivity contribution in [2.75, 3.05) is 51.0 Å². The maximum absolute atomic E-state index is 16.0. The van der Waals surface area contributed by atoms with E-state index in [1.54, 1.807) is 4.57 Å². The first-order valence-corrected chi connectivity index (χ1v) is 24.0. The predicted molar refractivity (Wildman–Crippen MR) is 193 cm³/mol. The fourth-order valence-corrected chi connectivity index (χ4v) is 8.35. The quantitative estimate of drug-likeness (QED) is 0.157. The molecule has 10 nitrogen and oxygen atoms in total. The number of ether oxygens (including phenoxy) is 5. The van der Waals surface area contributed by atoms with Crippen molar-refractivity contribution < 1.29 is 32.5 Å². The summed E-state index contributed by atoms with van der Waals surface area (Å²) in [5, 5.41) is 10.6. The highest BCUT2D eigenvalue weighted by atomic mass is 28.4. The molecule has 0 aliphatic carbocycles. The van der Waals surface area contributed by atoms with E-state index in [0.29, 0.717) is 43.0 Å². The van der Waals surface area contributed by atoms with Crippen molar-refractivity contribution in [2.45, 2.75) is 95.7 Å². The van der Waals surface area contributed by atoms with E-state index in [2.05, 4.69) is 64.5 Å². The van der Waals surface area contributed by atoms with E-state index in [1.807, 2.05) is 24.3 Å². The van der Waals surface area contributed by atoms with Crippen LogP contribution in [-0.4, -0.2) is 96.5 Å². The van der Waals surface area contributed by atoms with E-state index in [0.717, 1.165) is 24.8 Å². The summed E-state index contributed by atoms with van der Waals surface area (Å²) in [5.41, 5.74) is 2.88. The summed E-state index contributed by atoms with van der Waals surface area (Å²) in [6.07, 6.45) is -1.34. The van der Waals surface area contributed by atoms with E-state index < -0.39 is 28.3 Å². The number of halogens is 1. The lowest BCUT2D eigenvalue weighted by atomic mass is 10.1. The number of morpholine rings is 1. The molecule has 1 aromatic carbocycles. The Morgan fingerprint density at radius 2 is 1.65 bits per heavy atom. The average molecular weight is 711 g/mol. The van der Waals surface area contributed by atoms with Crippen LogP contribution in [0.15, 0.2) is 30.3 Å². The van der Waals surface area contributed by atoms with Crippen molar-refractivity contribution in [3.63, 3.8) is 0 Å². The van der Waals surface area contributed by atoms with Gasteiger partial charge in [-0.3, -0.25) is 4.57 Å². The lowest BCUT2D eigenvalue weighted by Crippen LogP contribution is -2.47. The molecule has 2 aromatic heterocycles. The Morgan fingerprint density at radius 3 is 2.29 bits per heavy atom. The molecule has 4 atom stereocenters. The van der Waals surface area contributed by atoms with Gasteiger partial charge in [-0.1, -0.05) is 52.5 Å². The van der Waals surface area contributed by atoms with Gasteiger partial charge in [0.05, 0.1) is 38.0 Å². The minimum Gasteiger partial charge on any atom is -0.469 e. The molecule has 5 heterocycles. The number of nitrogens with zero attached hydrogens (tertiary/aromatic N) is 4. The van der Waals surface area contributed by atoms with Gasteiger partial charge in [0, 0.05) is 45.1 Å². The normalized spacial score (nSPS) is 23.2. The van der Waals surface area contributed by atoms with Crippen molar-refractivity contribution in [3.05, 3.63) is 41.7 Å². The second-order valence-electron chi connectivity index (χ2n) is 16.1. The highest BCUT2D eigenvalue weighted by Crippen LogP contribution is 2.42. The summed E-state index contributed by atoms with van der Waals surface area (Å²) in [7, 11) is -3.42. The highest BCUT2D eigenvalue weighted by molar-refractivity contribution is 6.76. The zero-order chi connectivity index (χ0) is 35.1. The second kappa shape index (κ2) is 14.1. The molecule has 6 rings (SSSR count). The summed E-state index contributed by atoms with van der Waals surface area (Å²) in [5.74, 6) is -0.207. The van der Waals surface area contributed by atoms with Crippen molar-refractivity contribution in [3.8, 4) is 23.2 Å². The standard InChI is InChI=1S/C36H51FN4O6Si2/c1-36(2,3)49(7,8)47-30-22-45-33-29(21-44-34(30)33)46-35-26(20-38)32-28(41(35)23-43-17-18-48(4,5)6)19-27(37)31(39-32)24-9-11-25(12-10-24)40-13-15-42-16-14-40/h9-12,19,29-30,33-34H,13-18,21-23H2,1-8H3/t29-,30?,33-,34-/m1/s1. The van der Waals surface area contributed by atoms with Crippen LogP contribution < -0.4 is 9.64 Å². The average Bonchev–Trinajstić information content (AvgIpc) is 3.71. The summed E-state index contributed by atoms with van der Waals surface area (Å²) < 4.78 is 55.1. The van der Waals surface area contributed by atoms with Crippen LogP contribution in [0.1, 0.15) is 26.3 Å². The molecule has 1 unspecified atom stereocenters. The number of hydrogen-bond acceptors (Lipinski definition) is 9. The monoisotopic (exact) mass is 710 g/mol. The molecule has 0 spiro atoms. The van der Waals surface area contributed by atoms with E-state index >= 15 is 4.39 Å². The molecule has 3 fully saturated rings. The first-order chi connectivity index (χ1) is 23.2. The van der Waals surface area contributed by atoms with Crippen LogP contribution in [0.3, 0.4) is 0 Å². The van der Waals surface area contributed by atoms with Crippen molar-refractivity contribution >= 4 is 33.1 Å². The molecule has 3 aliphatic rings. The van der Waals surface area contributed by atoms with Crippen LogP contribution in [0.5, 0.6) is 5.88 Å². The summed E-state index contributed by atoms with van der Waals surface area (Å²) >= 11 is 0. The zero-order valence-electron chi connectivity index (χ0n) is 30.2. The number of anilines is 1. The smallest absolute Gasteiger partial charge is 0.217 e. The van der Waals surface area contributed by atoms with Gasteiger partial charge in [-0.15, -0.1) is 0 Å². The van der Waals surface area contributed by atoms with Gasteiger partial charge in [0.15, 0.2) is 20.2 Å². The molecule has 3 saturated heterocycles. The van der Waals surface area contributed by atoms with Gasteiger partial charge in [-0.05, 0) is 36.3 Å². The number of nitriles is 1. The van der Waals surface area contributed by atoms with E-state index in [-0.39, 0.29) is 53.8 Å². The lowest BCUT2D eigenvalue weighted by molar-refractivity contribution is 0.00849. The van der Waals surface area contributed by atoms with Gasteiger partial charge in [-0.2, -0.15) is 5.26 Å². The van der Waals surface area contributed by atoms with Crippen LogP contribution in [-0.2, 0) is 30.1 Å². The predicted octanol–water partition coefficient (Wildman–Crippen LogP) is 6.80. The van der Waals surface area contributed by atoms with Crippen LogP contribution in [0.25, 0.3) is 22.3 Å². The van der Waals surface area contributed by atoms with E-state index in [4.69, 9.17) is 33.1 Å². The van der Waals surface area contributed by atoms with Gasteiger partial charge in [0.25, 0.3) is 0 Å². The summed E-state index contributed by atoms with van der Waals surface area (Å²) in [6.45, 7) is 22.3. The Bertz CT molecular complexity index is 1670. The highest BCUT2D eigenvalue weighted by Gasteiger charge is 2.52. The fourth-order valence-electron chi connectivity index (χ4n) is 6.28. The van der Waals surface area contributed by atoms with Crippen LogP contribution in [0.2, 0.25) is 43.8 Å². The molecule has 3 aliphatic heterocycles. The third-order valence-corrected chi connectivity index (χ3v) is 16.5. The van der Waals surface area contributed by atoms with Gasteiger partial charge < -0.3 is 33.0 Å². The molecule has 49 heavy (non-hydrogen) atoms. The molecule has 0 amide bonds. The van der Waals surface area contributed by atoms with E-state index in [9.17, 15) is 5.26 Å². The summed E-state index contributed by atoms with van der Waals surface area (Å²) in [4.78, 5) is 7.01. The van der Waals surface area contributed by atoms with E-state index in [1.165, 1.54) is 6.07 Å². The number of aromatic nitrogens is 2. The number of hydrogen-bond donors (Lipinski definition) is 0. The van der Waals surface area contributed by atoms with Crippen molar-refractivity contribution in [1.82, 2.24) is 9.55 Å². The Kier molecular flexibility index (Phi) is 10.3. The third-order valence-electron chi connectivity index (χ3n) is 10.3. The number of fused-ring (bicyclic) bond motifs is 2. The molecule has 3 aromatic rings. The Hall–Kier alpha value is -2.84. The molecular formula is C36H51FN4O6Si2. The zero-order valence-corrected chi connectivity index (χ0v) is 32.2. The molecule has 0 N–H and O–H groups in total. The Morgan fingerprint density at radius 1 is 1.00 bits per heavy atom. The first kappa shape index (κ1) is 36.0. The van der Waals surface area contributed by atoms with Crippen LogP contribution >= 0.6 is 0 Å². The maximum Gasteiger partial charge on any atom is 0.217 e. The lowest BCUT2D eigenvalue weighted by Gasteiger charge is -2.39. The Labute approximate surface area is 291 Å². The van der Waals surface area contributed by atoms with Gasteiger partial charge in [0.1, 0.15) is 41.8 Å². The minimum absolute atomic E-state index is 0.0453. The van der Waals surface area contributed by atoms with Crippen LogP contribution in [0, 0.1) is 17.1 Å². The second-order valence-corrected chi connectivity index (χ2v) is 26.4. The first-order valence-electron chi connectivity index (χ1n) is 17.4. The number of pyridine rings is 1. The number of rotatable bonds is 11. The number of benzene rings is 1. The third kappa shape index (κ3) is 7.61. The van der Waals surface area contributed by atoms with Crippen molar-refractivity contribution in [1.29, 1.82) is 5.26 Å². The molecule has 0 saturated carbocycles. The van der Waals surface area contributed by atoms with Crippen LogP contribution in [0.4, 0.5) is 10.1 Å². The molecular weight excluding hydrogens is 660 g/mol. The molecule has 13 heteroatoms. The fraction of sp³-hybridized carbons (Fsp3) is 0.611. The maximum atomic E-state index is 16.0. The summed E-state index contributed by atoms with van der Waals surface area (Å²) in [6, 6.07) is 12.4. The van der Waals surface area contributed by atoms with Gasteiger partial charge in [-0.25, -0.2) is 9.37 Å². The minimum atomic E-state index is -2.07. The van der Waals surface area contributed by atoms with Crippen molar-refractivity contribution in [2.24, 2.45) is 0 Å². The SMILES string of the molecule is CC(C)(C)[Si](C)(C)OC1CO[C@H]2[C@@H]1OC[C@H]2Oc1c(C#N)c2nc(-c3ccc(N4CCOCC4)cc3)c(F)cc2n1COCC[Si](C)(C)C. The molecule has 0 bridgehead atoms. The van der Waals surface area contributed by atoms with Gasteiger partial charge in [0.2, 0.25) is 5.88 Å². The largest absolute Gasteiger partial charge is 0.469 e.